The molecule has 0 radical (unpaired) electrons. The van der Waals surface area contributed by atoms with Crippen LogP contribution in [-0.2, 0) is 0 Å². The lowest BCUT2D eigenvalue weighted by Gasteiger charge is -2.25. The van der Waals surface area contributed by atoms with Gasteiger partial charge in [0.2, 0.25) is 0 Å². The van der Waals surface area contributed by atoms with Gasteiger partial charge in [-0.05, 0) is 36.5 Å². The molecule has 0 aromatic heterocycles. The fraction of sp³-hybridized carbons (Fsp3) is 0.600. The number of nitrogens with two attached hydrogens (primary N) is 1. The van der Waals surface area contributed by atoms with E-state index in [4.69, 9.17) is 17.3 Å². The minimum Gasteiger partial charge on any atom is -0.397 e. The Labute approximate surface area is 115 Å². The van der Waals surface area contributed by atoms with Crippen LogP contribution < -0.4 is 11.1 Å². The standard InChI is InChI=1S/C15H23ClN2/c1-10(2)13-8-12(9-14(16)15(13)17)18-11-6-4-3-5-7-11/h8-11,18H,3-7,17H2,1-2H3. The van der Waals surface area contributed by atoms with Gasteiger partial charge in [-0.25, -0.2) is 0 Å². The summed E-state index contributed by atoms with van der Waals surface area (Å²) in [4.78, 5) is 0. The number of nitrogens with one attached hydrogen (secondary N) is 1. The normalized spacial score (nSPS) is 17.1. The third kappa shape index (κ3) is 3.11. The predicted molar refractivity (Wildman–Crippen MR) is 80.4 cm³/mol. The number of anilines is 2. The Morgan fingerprint density at radius 2 is 1.89 bits per heavy atom. The zero-order chi connectivity index (χ0) is 13.1. The lowest BCUT2D eigenvalue weighted by molar-refractivity contribution is 0.462. The zero-order valence-corrected chi connectivity index (χ0v) is 12.1. The molecule has 0 bridgehead atoms. The van der Waals surface area contributed by atoms with Crippen molar-refractivity contribution in [2.45, 2.75) is 57.9 Å². The molecule has 1 saturated carbocycles. The topological polar surface area (TPSA) is 38.0 Å². The summed E-state index contributed by atoms with van der Waals surface area (Å²) >= 11 is 6.22. The van der Waals surface area contributed by atoms with Crippen LogP contribution in [0.4, 0.5) is 11.4 Å². The van der Waals surface area contributed by atoms with Crippen molar-refractivity contribution in [3.05, 3.63) is 22.7 Å². The van der Waals surface area contributed by atoms with E-state index < -0.39 is 0 Å². The van der Waals surface area contributed by atoms with Gasteiger partial charge in [0.1, 0.15) is 0 Å². The molecule has 1 fully saturated rings. The number of nitrogen functional groups attached to an aromatic ring is 1. The van der Waals surface area contributed by atoms with Crippen molar-refractivity contribution in [3.8, 4) is 0 Å². The highest BCUT2D eigenvalue weighted by atomic mass is 35.5. The van der Waals surface area contributed by atoms with Gasteiger partial charge < -0.3 is 11.1 Å². The first kappa shape index (κ1) is 13.5. The van der Waals surface area contributed by atoms with Crippen LogP contribution in [-0.4, -0.2) is 6.04 Å². The number of hydrogen-bond acceptors (Lipinski definition) is 2. The lowest BCUT2D eigenvalue weighted by atomic mass is 9.94. The maximum absolute atomic E-state index is 6.22. The van der Waals surface area contributed by atoms with Gasteiger partial charge in [-0.2, -0.15) is 0 Å². The van der Waals surface area contributed by atoms with Crippen molar-refractivity contribution in [1.82, 2.24) is 0 Å². The van der Waals surface area contributed by atoms with E-state index in [1.807, 2.05) is 6.07 Å². The van der Waals surface area contributed by atoms with E-state index in [9.17, 15) is 0 Å². The highest BCUT2D eigenvalue weighted by Crippen LogP contribution is 2.33. The van der Waals surface area contributed by atoms with Crippen LogP contribution >= 0.6 is 11.6 Å². The summed E-state index contributed by atoms with van der Waals surface area (Å²) in [6, 6.07) is 4.70. The van der Waals surface area contributed by atoms with Crippen LogP contribution in [0.25, 0.3) is 0 Å². The van der Waals surface area contributed by atoms with Gasteiger partial charge in [-0.1, -0.05) is 44.7 Å². The maximum atomic E-state index is 6.22. The Balaban J connectivity index is 2.17. The Hall–Kier alpha value is -0.890. The fourth-order valence-electron chi connectivity index (χ4n) is 2.68. The second kappa shape index (κ2) is 5.83. The quantitative estimate of drug-likeness (QED) is 0.772. The van der Waals surface area contributed by atoms with E-state index in [0.717, 1.165) is 16.9 Å². The first-order chi connectivity index (χ1) is 8.58. The molecule has 3 N–H and O–H groups in total. The molecule has 1 aromatic carbocycles. The van der Waals surface area contributed by atoms with E-state index in [0.29, 0.717) is 17.0 Å². The summed E-state index contributed by atoms with van der Waals surface area (Å²) in [5.41, 5.74) is 9.00. The van der Waals surface area contributed by atoms with Gasteiger partial charge in [0, 0.05) is 11.7 Å². The maximum Gasteiger partial charge on any atom is 0.0658 e. The molecule has 0 atom stereocenters. The van der Waals surface area contributed by atoms with Gasteiger partial charge in [-0.15, -0.1) is 0 Å². The zero-order valence-electron chi connectivity index (χ0n) is 11.3. The van der Waals surface area contributed by atoms with E-state index in [1.54, 1.807) is 0 Å². The molecule has 3 heteroatoms. The molecular formula is C15H23ClN2. The van der Waals surface area contributed by atoms with E-state index in [1.165, 1.54) is 32.1 Å². The first-order valence-corrected chi connectivity index (χ1v) is 7.31. The number of halogens is 1. The van der Waals surface area contributed by atoms with E-state index in [-0.39, 0.29) is 0 Å². The van der Waals surface area contributed by atoms with E-state index in [2.05, 4.69) is 25.2 Å². The van der Waals surface area contributed by atoms with Crippen LogP contribution in [0.1, 0.15) is 57.4 Å². The van der Waals surface area contributed by atoms with Crippen molar-refractivity contribution in [3.63, 3.8) is 0 Å². The van der Waals surface area contributed by atoms with Crippen molar-refractivity contribution in [1.29, 1.82) is 0 Å². The van der Waals surface area contributed by atoms with Crippen LogP contribution in [0.3, 0.4) is 0 Å². The molecule has 1 aliphatic rings. The molecule has 2 nitrogen and oxygen atoms in total. The number of hydrogen-bond donors (Lipinski definition) is 2. The van der Waals surface area contributed by atoms with Crippen molar-refractivity contribution in [2.24, 2.45) is 0 Å². The molecule has 0 spiro atoms. The van der Waals surface area contributed by atoms with Crippen LogP contribution in [0.2, 0.25) is 5.02 Å². The summed E-state index contributed by atoms with van der Waals surface area (Å²) in [6.45, 7) is 4.29. The Bertz CT molecular complexity index is 409. The molecule has 0 heterocycles. The smallest absolute Gasteiger partial charge is 0.0658 e. The molecule has 0 amide bonds. The van der Waals surface area contributed by atoms with Gasteiger partial charge in [0.05, 0.1) is 10.7 Å². The van der Waals surface area contributed by atoms with Crippen LogP contribution in [0, 0.1) is 0 Å². The molecule has 18 heavy (non-hydrogen) atoms. The third-order valence-electron chi connectivity index (χ3n) is 3.76. The van der Waals surface area contributed by atoms with E-state index >= 15 is 0 Å². The summed E-state index contributed by atoms with van der Waals surface area (Å²) in [6.07, 6.45) is 6.56. The lowest BCUT2D eigenvalue weighted by Crippen LogP contribution is -2.22. The Morgan fingerprint density at radius 1 is 1.22 bits per heavy atom. The highest BCUT2D eigenvalue weighted by Gasteiger charge is 2.15. The molecule has 1 aromatic rings. The Kier molecular flexibility index (Phi) is 4.39. The van der Waals surface area contributed by atoms with Crippen LogP contribution in [0.5, 0.6) is 0 Å². The van der Waals surface area contributed by atoms with Gasteiger partial charge in [0.25, 0.3) is 0 Å². The Morgan fingerprint density at radius 3 is 2.50 bits per heavy atom. The van der Waals surface area contributed by atoms with Gasteiger partial charge in [-0.3, -0.25) is 0 Å². The number of benzene rings is 1. The highest BCUT2D eigenvalue weighted by molar-refractivity contribution is 6.33. The molecular weight excluding hydrogens is 244 g/mol. The van der Waals surface area contributed by atoms with Crippen molar-refractivity contribution < 1.29 is 0 Å². The fourth-order valence-corrected chi connectivity index (χ4v) is 2.91. The minimum absolute atomic E-state index is 0.399. The minimum atomic E-state index is 0.399. The van der Waals surface area contributed by atoms with Gasteiger partial charge >= 0.3 is 0 Å². The summed E-state index contributed by atoms with van der Waals surface area (Å²) in [5.74, 6) is 0.399. The number of rotatable bonds is 3. The first-order valence-electron chi connectivity index (χ1n) is 6.93. The van der Waals surface area contributed by atoms with Crippen molar-refractivity contribution in [2.75, 3.05) is 11.1 Å². The summed E-state index contributed by atoms with van der Waals surface area (Å²) < 4.78 is 0. The third-order valence-corrected chi connectivity index (χ3v) is 4.07. The molecule has 100 valence electrons. The molecule has 0 aliphatic heterocycles. The van der Waals surface area contributed by atoms with Crippen molar-refractivity contribution >= 4 is 23.0 Å². The molecule has 2 rings (SSSR count). The molecule has 0 saturated heterocycles. The predicted octanol–water partition coefficient (Wildman–Crippen LogP) is 4.79. The largest absolute Gasteiger partial charge is 0.397 e. The second-order valence-corrected chi connectivity index (χ2v) is 6.00. The SMILES string of the molecule is CC(C)c1cc(NC2CCCCC2)cc(Cl)c1N. The summed E-state index contributed by atoms with van der Waals surface area (Å²) in [5, 5.41) is 4.27. The molecule has 1 aliphatic carbocycles. The summed E-state index contributed by atoms with van der Waals surface area (Å²) in [7, 11) is 0. The van der Waals surface area contributed by atoms with Gasteiger partial charge in [0.15, 0.2) is 0 Å². The average Bonchev–Trinajstić information content (AvgIpc) is 2.34. The second-order valence-electron chi connectivity index (χ2n) is 5.59. The molecule has 0 unspecified atom stereocenters. The average molecular weight is 267 g/mol. The van der Waals surface area contributed by atoms with Crippen LogP contribution in [0.15, 0.2) is 12.1 Å². The monoisotopic (exact) mass is 266 g/mol.